The molecule has 2 heteroatoms. The maximum absolute atomic E-state index is 11.2. The second kappa shape index (κ2) is 4.38. The summed E-state index contributed by atoms with van der Waals surface area (Å²) in [5, 5.41) is 0. The number of rotatable bonds is 2. The fraction of sp³-hybridized carbons (Fsp3) is 0.929. The van der Waals surface area contributed by atoms with Crippen LogP contribution in [0.4, 0.5) is 0 Å². The molecule has 94 valence electrons. The molecule has 1 aliphatic rings. The summed E-state index contributed by atoms with van der Waals surface area (Å²) in [6.45, 7) is 12.8. The van der Waals surface area contributed by atoms with E-state index in [9.17, 15) is 4.79 Å². The number of hydrogen-bond acceptors (Lipinski definition) is 2. The van der Waals surface area contributed by atoms with Gasteiger partial charge in [0.1, 0.15) is 6.10 Å². The second-order valence-electron chi connectivity index (χ2n) is 6.54. The van der Waals surface area contributed by atoms with Crippen molar-refractivity contribution in [3.8, 4) is 0 Å². The van der Waals surface area contributed by atoms with Crippen molar-refractivity contribution in [2.45, 2.75) is 66.9 Å². The van der Waals surface area contributed by atoms with Gasteiger partial charge in [-0.15, -0.1) is 0 Å². The minimum absolute atomic E-state index is 0.0737. The van der Waals surface area contributed by atoms with Gasteiger partial charge in [-0.2, -0.15) is 0 Å². The first kappa shape index (κ1) is 13.5. The van der Waals surface area contributed by atoms with Crippen molar-refractivity contribution in [2.75, 3.05) is 0 Å². The molecule has 0 aliphatic heterocycles. The highest BCUT2D eigenvalue weighted by Gasteiger charge is 2.47. The second-order valence-corrected chi connectivity index (χ2v) is 6.54. The maximum atomic E-state index is 11.2. The summed E-state index contributed by atoms with van der Waals surface area (Å²) < 4.78 is 5.52. The van der Waals surface area contributed by atoms with Crippen LogP contribution in [-0.2, 0) is 9.53 Å². The van der Waals surface area contributed by atoms with Gasteiger partial charge in [-0.1, -0.05) is 41.0 Å². The van der Waals surface area contributed by atoms with Crippen molar-refractivity contribution >= 4 is 5.97 Å². The van der Waals surface area contributed by atoms with Crippen LogP contribution in [0.25, 0.3) is 0 Å². The Morgan fingerprint density at radius 3 is 2.31 bits per heavy atom. The van der Waals surface area contributed by atoms with Crippen LogP contribution in [0.1, 0.15) is 60.8 Å². The fourth-order valence-corrected chi connectivity index (χ4v) is 3.65. The third-order valence-corrected chi connectivity index (χ3v) is 4.13. The molecule has 0 bridgehead atoms. The van der Waals surface area contributed by atoms with Crippen molar-refractivity contribution in [1.82, 2.24) is 0 Å². The molecule has 1 rings (SSSR count). The average molecular weight is 226 g/mol. The van der Waals surface area contributed by atoms with Crippen LogP contribution in [0, 0.1) is 16.7 Å². The summed E-state index contributed by atoms with van der Waals surface area (Å²) >= 11 is 0. The Morgan fingerprint density at radius 2 is 1.94 bits per heavy atom. The van der Waals surface area contributed by atoms with Gasteiger partial charge in [0.05, 0.1) is 0 Å². The summed E-state index contributed by atoms with van der Waals surface area (Å²) in [5.74, 6) is 0.308. The first-order chi connectivity index (χ1) is 7.20. The molecule has 1 fully saturated rings. The molecule has 0 amide bonds. The van der Waals surface area contributed by atoms with Gasteiger partial charge in [0.2, 0.25) is 0 Å². The van der Waals surface area contributed by atoms with Gasteiger partial charge in [-0.3, -0.25) is 4.79 Å². The van der Waals surface area contributed by atoms with Gasteiger partial charge in [-0.05, 0) is 24.2 Å². The molecule has 2 nitrogen and oxygen atoms in total. The van der Waals surface area contributed by atoms with Gasteiger partial charge in [0.15, 0.2) is 0 Å². The van der Waals surface area contributed by atoms with E-state index in [0.29, 0.717) is 11.3 Å². The average Bonchev–Trinajstić information content (AvgIpc) is 2.10. The number of hydrogen-bond donors (Lipinski definition) is 0. The zero-order chi connectivity index (χ0) is 12.6. The smallest absolute Gasteiger partial charge is 0.302 e. The Hall–Kier alpha value is -0.530. The zero-order valence-corrected chi connectivity index (χ0v) is 11.6. The van der Waals surface area contributed by atoms with Crippen LogP contribution in [-0.4, -0.2) is 12.1 Å². The topological polar surface area (TPSA) is 26.3 Å². The van der Waals surface area contributed by atoms with E-state index in [4.69, 9.17) is 4.74 Å². The molecule has 1 aliphatic carbocycles. The van der Waals surface area contributed by atoms with E-state index in [1.54, 1.807) is 0 Å². The molecule has 0 aromatic heterocycles. The third kappa shape index (κ3) is 2.78. The Morgan fingerprint density at radius 1 is 1.38 bits per heavy atom. The molecule has 0 radical (unpaired) electrons. The molecular weight excluding hydrogens is 200 g/mol. The summed E-state index contributed by atoms with van der Waals surface area (Å²) in [6.07, 6.45) is 3.57. The van der Waals surface area contributed by atoms with E-state index in [2.05, 4.69) is 34.6 Å². The summed E-state index contributed by atoms with van der Waals surface area (Å²) in [6, 6.07) is 0. The largest absolute Gasteiger partial charge is 0.462 e. The first-order valence-corrected chi connectivity index (χ1v) is 6.37. The molecule has 0 aromatic rings. The van der Waals surface area contributed by atoms with E-state index in [0.717, 1.165) is 12.8 Å². The predicted octanol–water partition coefficient (Wildman–Crippen LogP) is 3.79. The molecule has 3 atom stereocenters. The monoisotopic (exact) mass is 226 g/mol. The molecule has 1 saturated carbocycles. The lowest BCUT2D eigenvalue weighted by Gasteiger charge is -2.50. The van der Waals surface area contributed by atoms with E-state index >= 15 is 0 Å². The third-order valence-electron chi connectivity index (χ3n) is 4.13. The standard InChI is InChI=1S/C14H26O2/c1-7-14(6)8-10(2)12(16-11(3)15)13(4,5)9-14/h10,12H,7-9H2,1-6H3. The maximum Gasteiger partial charge on any atom is 0.302 e. The van der Waals surface area contributed by atoms with Gasteiger partial charge >= 0.3 is 5.97 Å². The van der Waals surface area contributed by atoms with Crippen LogP contribution < -0.4 is 0 Å². The number of esters is 1. The lowest BCUT2D eigenvalue weighted by atomic mass is 9.58. The van der Waals surface area contributed by atoms with E-state index in [1.807, 2.05) is 0 Å². The van der Waals surface area contributed by atoms with Crippen LogP contribution in [0.5, 0.6) is 0 Å². The SMILES string of the molecule is CCC1(C)CC(C)C(OC(C)=O)C(C)(C)C1. The van der Waals surface area contributed by atoms with Gasteiger partial charge in [0, 0.05) is 12.3 Å². The lowest BCUT2D eigenvalue weighted by Crippen LogP contribution is -2.47. The Kier molecular flexibility index (Phi) is 3.71. The highest BCUT2D eigenvalue weighted by atomic mass is 16.5. The molecule has 16 heavy (non-hydrogen) atoms. The van der Waals surface area contributed by atoms with Crippen molar-refractivity contribution < 1.29 is 9.53 Å². The quantitative estimate of drug-likeness (QED) is 0.670. The highest BCUT2D eigenvalue weighted by molar-refractivity contribution is 5.66. The molecule has 3 unspecified atom stereocenters. The zero-order valence-electron chi connectivity index (χ0n) is 11.6. The fourth-order valence-electron chi connectivity index (χ4n) is 3.65. The summed E-state index contributed by atoms with van der Waals surface area (Å²) in [5.41, 5.74) is 0.494. The van der Waals surface area contributed by atoms with E-state index in [1.165, 1.54) is 13.3 Å². The molecule has 0 aromatic carbocycles. The van der Waals surface area contributed by atoms with Gasteiger partial charge in [0.25, 0.3) is 0 Å². The number of ether oxygens (including phenoxy) is 1. The molecule has 0 spiro atoms. The Labute approximate surface area is 99.8 Å². The van der Waals surface area contributed by atoms with Crippen molar-refractivity contribution in [3.63, 3.8) is 0 Å². The Bertz CT molecular complexity index is 270. The van der Waals surface area contributed by atoms with Crippen LogP contribution in [0.15, 0.2) is 0 Å². The molecule has 0 N–H and O–H groups in total. The minimum atomic E-state index is -0.148. The molecular formula is C14H26O2. The van der Waals surface area contributed by atoms with Crippen LogP contribution in [0.2, 0.25) is 0 Å². The summed E-state index contributed by atoms with van der Waals surface area (Å²) in [4.78, 5) is 11.2. The lowest BCUT2D eigenvalue weighted by molar-refractivity contribution is -0.166. The van der Waals surface area contributed by atoms with Crippen LogP contribution in [0.3, 0.4) is 0 Å². The van der Waals surface area contributed by atoms with E-state index in [-0.39, 0.29) is 17.5 Å². The Balaban J connectivity index is 2.86. The normalized spacial score (nSPS) is 38.1. The molecule has 0 heterocycles. The van der Waals surface area contributed by atoms with Gasteiger partial charge < -0.3 is 4.74 Å². The van der Waals surface area contributed by atoms with Crippen LogP contribution >= 0.6 is 0 Å². The minimum Gasteiger partial charge on any atom is -0.462 e. The number of carbonyl (C=O) groups excluding carboxylic acids is 1. The van der Waals surface area contributed by atoms with Gasteiger partial charge in [-0.25, -0.2) is 0 Å². The highest BCUT2D eigenvalue weighted by Crippen LogP contribution is 2.51. The van der Waals surface area contributed by atoms with Crippen molar-refractivity contribution in [1.29, 1.82) is 0 Å². The molecule has 0 saturated heterocycles. The van der Waals surface area contributed by atoms with Crippen molar-refractivity contribution in [3.05, 3.63) is 0 Å². The first-order valence-electron chi connectivity index (χ1n) is 6.37. The predicted molar refractivity (Wildman–Crippen MR) is 66.1 cm³/mol. The summed E-state index contributed by atoms with van der Waals surface area (Å²) in [7, 11) is 0. The van der Waals surface area contributed by atoms with Crippen molar-refractivity contribution in [2.24, 2.45) is 16.7 Å². The number of carbonyl (C=O) groups is 1. The van der Waals surface area contributed by atoms with E-state index < -0.39 is 0 Å².